The average Bonchev–Trinajstić information content (AvgIpc) is 2.22. The summed E-state index contributed by atoms with van der Waals surface area (Å²) in [6, 6.07) is 5.66. The van der Waals surface area contributed by atoms with E-state index in [1.54, 1.807) is 6.07 Å². The number of hydrogen-bond acceptors (Lipinski definition) is 1. The third kappa shape index (κ3) is 3.80. The zero-order valence-electron chi connectivity index (χ0n) is 9.39. The molecule has 1 N–H and O–H groups in total. The number of halogens is 2. The minimum atomic E-state index is -0.0479. The van der Waals surface area contributed by atoms with E-state index in [4.69, 9.17) is 11.6 Å². The lowest BCUT2D eigenvalue weighted by molar-refractivity contribution is 0.0939. The van der Waals surface area contributed by atoms with Gasteiger partial charge in [-0.05, 0) is 44.0 Å². The third-order valence-electron chi connectivity index (χ3n) is 2.34. The number of carbonyl (C=O) groups excluding carboxylic acids is 1. The molecule has 16 heavy (non-hydrogen) atoms. The molecule has 4 heteroatoms. The molecule has 0 fully saturated rings. The molecule has 88 valence electrons. The zero-order valence-corrected chi connectivity index (χ0v) is 11.7. The van der Waals surface area contributed by atoms with Gasteiger partial charge in [0.25, 0.3) is 5.91 Å². The average molecular weight is 305 g/mol. The number of rotatable bonds is 4. The van der Waals surface area contributed by atoms with Gasteiger partial charge in [-0.3, -0.25) is 4.79 Å². The summed E-state index contributed by atoms with van der Waals surface area (Å²) in [6.45, 7) is 3.91. The topological polar surface area (TPSA) is 29.1 Å². The van der Waals surface area contributed by atoms with E-state index >= 15 is 0 Å². The van der Waals surface area contributed by atoms with Gasteiger partial charge >= 0.3 is 0 Å². The smallest absolute Gasteiger partial charge is 0.251 e. The second kappa shape index (κ2) is 6.26. The number of alkyl halides is 1. The van der Waals surface area contributed by atoms with Gasteiger partial charge in [0.1, 0.15) is 0 Å². The summed E-state index contributed by atoms with van der Waals surface area (Å²) in [5, 5.41) is 2.91. The molecule has 1 unspecified atom stereocenters. The molecule has 0 aliphatic heterocycles. The van der Waals surface area contributed by atoms with Crippen LogP contribution in [0.2, 0.25) is 0 Å². The molecule has 2 nitrogen and oxygen atoms in total. The van der Waals surface area contributed by atoms with Crippen molar-refractivity contribution < 1.29 is 4.79 Å². The normalized spacial score (nSPS) is 12.2. The van der Waals surface area contributed by atoms with Crippen LogP contribution in [0.3, 0.4) is 0 Å². The Balaban J connectivity index is 2.69. The highest BCUT2D eigenvalue weighted by Crippen LogP contribution is 2.17. The molecule has 1 rings (SSSR count). The maximum Gasteiger partial charge on any atom is 0.251 e. The molecule has 0 bridgehead atoms. The van der Waals surface area contributed by atoms with Crippen molar-refractivity contribution in [3.8, 4) is 0 Å². The lowest BCUT2D eigenvalue weighted by Crippen LogP contribution is -2.32. The van der Waals surface area contributed by atoms with Gasteiger partial charge in [-0.15, -0.1) is 11.6 Å². The molecule has 1 aromatic rings. The molecule has 0 aliphatic rings. The minimum Gasteiger partial charge on any atom is -0.350 e. The van der Waals surface area contributed by atoms with Gasteiger partial charge in [-0.25, -0.2) is 0 Å². The first-order chi connectivity index (χ1) is 7.54. The fraction of sp³-hybridized carbons (Fsp3) is 0.417. The Morgan fingerprint density at radius 2 is 2.25 bits per heavy atom. The second-order valence-corrected chi connectivity index (χ2v) is 5.05. The third-order valence-corrected chi connectivity index (χ3v) is 3.45. The van der Waals surface area contributed by atoms with E-state index in [1.807, 2.05) is 26.0 Å². The molecule has 0 aliphatic carbocycles. The number of aryl methyl sites for hydroxylation is 1. The Bertz CT molecular complexity index is 381. The van der Waals surface area contributed by atoms with E-state index in [1.165, 1.54) is 0 Å². The Morgan fingerprint density at radius 3 is 2.81 bits per heavy atom. The van der Waals surface area contributed by atoms with E-state index < -0.39 is 0 Å². The summed E-state index contributed by atoms with van der Waals surface area (Å²) in [6.07, 6.45) is 0.781. The largest absolute Gasteiger partial charge is 0.350 e. The van der Waals surface area contributed by atoms with E-state index in [-0.39, 0.29) is 11.9 Å². The van der Waals surface area contributed by atoms with Crippen LogP contribution in [-0.4, -0.2) is 17.8 Å². The predicted octanol–water partition coefficient (Wildman–Crippen LogP) is 3.50. The lowest BCUT2D eigenvalue weighted by atomic mass is 10.1. The fourth-order valence-electron chi connectivity index (χ4n) is 1.33. The van der Waals surface area contributed by atoms with E-state index in [0.717, 1.165) is 16.5 Å². The van der Waals surface area contributed by atoms with E-state index in [9.17, 15) is 4.79 Å². The number of amides is 1. The van der Waals surface area contributed by atoms with Gasteiger partial charge in [0.2, 0.25) is 0 Å². The Labute approximate surface area is 110 Å². The summed E-state index contributed by atoms with van der Waals surface area (Å²) in [5.41, 5.74) is 1.74. The van der Waals surface area contributed by atoms with Crippen LogP contribution in [-0.2, 0) is 0 Å². The van der Waals surface area contributed by atoms with Crippen molar-refractivity contribution in [1.82, 2.24) is 5.32 Å². The summed E-state index contributed by atoms with van der Waals surface area (Å²) in [4.78, 5) is 11.8. The van der Waals surface area contributed by atoms with Crippen LogP contribution in [0.1, 0.15) is 29.3 Å². The first kappa shape index (κ1) is 13.5. The van der Waals surface area contributed by atoms with Crippen LogP contribution in [0.5, 0.6) is 0 Å². The van der Waals surface area contributed by atoms with E-state index in [2.05, 4.69) is 21.2 Å². The summed E-state index contributed by atoms with van der Waals surface area (Å²) >= 11 is 9.02. The SMILES string of the molecule is Cc1cc(C(=O)NC(C)CCCl)ccc1Br. The van der Waals surface area contributed by atoms with Crippen LogP contribution >= 0.6 is 27.5 Å². The number of nitrogens with one attached hydrogen (secondary N) is 1. The van der Waals surface area contributed by atoms with Crippen LogP contribution < -0.4 is 5.32 Å². The van der Waals surface area contributed by atoms with Crippen LogP contribution in [0.15, 0.2) is 22.7 Å². The first-order valence-corrected chi connectivity index (χ1v) is 6.50. The van der Waals surface area contributed by atoms with E-state index in [0.29, 0.717) is 11.4 Å². The second-order valence-electron chi connectivity index (χ2n) is 3.82. The Kier molecular flexibility index (Phi) is 5.29. The van der Waals surface area contributed by atoms with Gasteiger partial charge in [0.05, 0.1) is 0 Å². The maximum absolute atomic E-state index is 11.8. The lowest BCUT2D eigenvalue weighted by Gasteiger charge is -2.12. The predicted molar refractivity (Wildman–Crippen MR) is 71.1 cm³/mol. The molecule has 1 atom stereocenters. The van der Waals surface area contributed by atoms with Crippen molar-refractivity contribution in [3.63, 3.8) is 0 Å². The van der Waals surface area contributed by atoms with Crippen molar-refractivity contribution >= 4 is 33.4 Å². The Morgan fingerprint density at radius 1 is 1.56 bits per heavy atom. The van der Waals surface area contributed by atoms with Gasteiger partial charge in [0.15, 0.2) is 0 Å². The molecule has 0 saturated carbocycles. The van der Waals surface area contributed by atoms with Gasteiger partial charge in [0, 0.05) is 22.0 Å². The van der Waals surface area contributed by atoms with Gasteiger partial charge in [-0.1, -0.05) is 15.9 Å². The highest BCUT2D eigenvalue weighted by Gasteiger charge is 2.09. The van der Waals surface area contributed by atoms with Crippen molar-refractivity contribution in [2.45, 2.75) is 26.3 Å². The maximum atomic E-state index is 11.8. The molecule has 0 heterocycles. The van der Waals surface area contributed by atoms with Crippen molar-refractivity contribution in [3.05, 3.63) is 33.8 Å². The molecule has 0 radical (unpaired) electrons. The van der Waals surface area contributed by atoms with Crippen LogP contribution in [0, 0.1) is 6.92 Å². The molecule has 0 saturated heterocycles. The molecule has 0 spiro atoms. The molecule has 1 aromatic carbocycles. The first-order valence-electron chi connectivity index (χ1n) is 5.17. The summed E-state index contributed by atoms with van der Waals surface area (Å²) < 4.78 is 1.01. The fourth-order valence-corrected chi connectivity index (χ4v) is 1.90. The molecular weight excluding hydrogens is 289 g/mol. The van der Waals surface area contributed by atoms with Gasteiger partial charge < -0.3 is 5.32 Å². The van der Waals surface area contributed by atoms with Crippen LogP contribution in [0.25, 0.3) is 0 Å². The zero-order chi connectivity index (χ0) is 12.1. The monoisotopic (exact) mass is 303 g/mol. The number of hydrogen-bond donors (Lipinski definition) is 1. The highest BCUT2D eigenvalue weighted by molar-refractivity contribution is 9.10. The minimum absolute atomic E-state index is 0.0479. The standard InChI is InChI=1S/C12H15BrClNO/c1-8-7-10(3-4-11(8)13)12(16)15-9(2)5-6-14/h3-4,7,9H,5-6H2,1-2H3,(H,15,16). The van der Waals surface area contributed by atoms with Crippen molar-refractivity contribution in [1.29, 1.82) is 0 Å². The molecule has 0 aromatic heterocycles. The van der Waals surface area contributed by atoms with Crippen molar-refractivity contribution in [2.75, 3.05) is 5.88 Å². The molecular formula is C12H15BrClNO. The van der Waals surface area contributed by atoms with Crippen molar-refractivity contribution in [2.24, 2.45) is 0 Å². The summed E-state index contributed by atoms with van der Waals surface area (Å²) in [7, 11) is 0. The number of benzene rings is 1. The van der Waals surface area contributed by atoms with Gasteiger partial charge in [-0.2, -0.15) is 0 Å². The quantitative estimate of drug-likeness (QED) is 0.848. The highest BCUT2D eigenvalue weighted by atomic mass is 79.9. The van der Waals surface area contributed by atoms with Crippen LogP contribution in [0.4, 0.5) is 0 Å². The Hall–Kier alpha value is -0.540. The molecule has 1 amide bonds. The number of carbonyl (C=O) groups is 1. The summed E-state index contributed by atoms with van der Waals surface area (Å²) in [5.74, 6) is 0.508.